The molecule has 0 aliphatic heterocycles. The minimum Gasteiger partial charge on any atom is -0.372 e. The normalized spacial score (nSPS) is 10.8. The summed E-state index contributed by atoms with van der Waals surface area (Å²) in [4.78, 5) is 48.9. The van der Waals surface area contributed by atoms with Gasteiger partial charge in [-0.1, -0.05) is 196 Å². The average molecular weight is 1600 g/mol. The molecule has 3 heterocycles. The first-order chi connectivity index (χ1) is 59.0. The fourth-order valence-corrected chi connectivity index (χ4v) is 14.5. The van der Waals surface area contributed by atoms with Crippen LogP contribution in [0.1, 0.15) is 305 Å². The predicted molar refractivity (Wildman–Crippen MR) is 512 cm³/mol. The van der Waals surface area contributed by atoms with Crippen molar-refractivity contribution in [2.75, 3.05) is 108 Å². The molecule has 0 unspecified atom stereocenters. The number of nitrogens with zero attached hydrogens (tertiary/aromatic N) is 12. The first-order valence-electron chi connectivity index (χ1n) is 46.0. The summed E-state index contributed by atoms with van der Waals surface area (Å²) in [5.41, 5.74) is 16.8. The van der Waals surface area contributed by atoms with Crippen molar-refractivity contribution in [2.24, 2.45) is 0 Å². The molecular formula is C108H132N12. The number of anilines is 6. The lowest BCUT2D eigenvalue weighted by atomic mass is 10.1. The molecule has 7 aromatic carbocycles. The molecule has 0 amide bonds. The van der Waals surface area contributed by atoms with E-state index in [0.717, 1.165) is 266 Å². The van der Waals surface area contributed by atoms with Crippen LogP contribution in [0.3, 0.4) is 0 Å². The van der Waals surface area contributed by atoms with Crippen LogP contribution in [0, 0.1) is 71.0 Å². The van der Waals surface area contributed by atoms with Crippen molar-refractivity contribution in [3.8, 4) is 71.0 Å². The van der Waals surface area contributed by atoms with Crippen LogP contribution < -0.4 is 29.4 Å². The van der Waals surface area contributed by atoms with Gasteiger partial charge in [-0.3, -0.25) is 0 Å². The van der Waals surface area contributed by atoms with Gasteiger partial charge >= 0.3 is 0 Å². The third-order valence-electron chi connectivity index (χ3n) is 22.1. The molecule has 0 radical (unpaired) electrons. The SMILES string of the molecule is CCCCN(CCCC)c1ccc(C#Cc2nc3c4nc(C#Cc5ccc(N(CCCC)CCCC)cc5)c(C#Cc5ccc(N(CCCC)CCCC)cc5)nc4c4nc(C#Cc5ccc(N(CCCC)CCCC)cc5)c(C#Cc5ccc(N(CCCC)CCCC)cc5)nc4c3nc2C#Cc2ccc(N(CCCC)CCCC)cc2)cc1. The first-order valence-corrected chi connectivity index (χ1v) is 46.0. The molecule has 0 fully saturated rings. The van der Waals surface area contributed by atoms with Crippen LogP contribution in [-0.4, -0.2) is 108 Å². The molecule has 10 rings (SSSR count). The molecule has 12 nitrogen and oxygen atoms in total. The van der Waals surface area contributed by atoms with Crippen LogP contribution >= 0.6 is 0 Å². The maximum absolute atomic E-state index is 5.64. The zero-order valence-electron chi connectivity index (χ0n) is 74.7. The minimum absolute atomic E-state index is 0.373. The Labute approximate surface area is 722 Å². The molecule has 0 saturated carbocycles. The van der Waals surface area contributed by atoms with Crippen LogP contribution in [0.25, 0.3) is 33.1 Å². The van der Waals surface area contributed by atoms with Gasteiger partial charge in [0.1, 0.15) is 67.3 Å². The molecule has 10 aromatic rings. The molecule has 120 heavy (non-hydrogen) atoms. The average Bonchev–Trinajstić information content (AvgIpc) is 0.723. The topological polar surface area (TPSA) is 96.8 Å². The highest BCUT2D eigenvalue weighted by Crippen LogP contribution is 2.33. The molecule has 0 bridgehead atoms. The van der Waals surface area contributed by atoms with E-state index >= 15 is 0 Å². The van der Waals surface area contributed by atoms with Gasteiger partial charge in [0.2, 0.25) is 0 Å². The Hall–Kier alpha value is -11.3. The van der Waals surface area contributed by atoms with Gasteiger partial charge in [0.05, 0.1) is 0 Å². The van der Waals surface area contributed by atoms with E-state index in [1.165, 1.54) is 34.1 Å². The Bertz CT molecular complexity index is 4320. The minimum atomic E-state index is 0.373. The van der Waals surface area contributed by atoms with Crippen molar-refractivity contribution in [1.82, 2.24) is 29.9 Å². The van der Waals surface area contributed by atoms with E-state index in [9.17, 15) is 0 Å². The predicted octanol–water partition coefficient (Wildman–Crippen LogP) is 24.4. The maximum atomic E-state index is 5.64. The molecule has 0 aliphatic carbocycles. The van der Waals surface area contributed by atoms with Gasteiger partial charge in [0, 0.05) is 146 Å². The third-order valence-corrected chi connectivity index (χ3v) is 22.1. The lowest BCUT2D eigenvalue weighted by Crippen LogP contribution is -2.25. The zero-order valence-corrected chi connectivity index (χ0v) is 74.7. The number of rotatable bonds is 42. The molecular weight excluding hydrogens is 1470 g/mol. The summed E-state index contributed by atoms with van der Waals surface area (Å²) < 4.78 is 0. The first kappa shape index (κ1) is 91.0. The quantitative estimate of drug-likeness (QED) is 0.0269. The van der Waals surface area contributed by atoms with E-state index in [2.05, 4.69) is 329 Å². The molecule has 0 N–H and O–H groups in total. The third kappa shape index (κ3) is 26.9. The van der Waals surface area contributed by atoms with Crippen molar-refractivity contribution in [3.63, 3.8) is 0 Å². The molecule has 0 atom stereocenters. The van der Waals surface area contributed by atoms with E-state index in [1.54, 1.807) is 0 Å². The molecule has 0 saturated heterocycles. The van der Waals surface area contributed by atoms with Gasteiger partial charge in [-0.2, -0.15) is 0 Å². The van der Waals surface area contributed by atoms with Crippen LogP contribution in [0.15, 0.2) is 146 Å². The number of fused-ring (bicyclic) bond motifs is 6. The van der Waals surface area contributed by atoms with Gasteiger partial charge < -0.3 is 29.4 Å². The molecule has 0 aliphatic rings. The second-order valence-electron chi connectivity index (χ2n) is 31.8. The van der Waals surface area contributed by atoms with Crippen LogP contribution in [0.4, 0.5) is 34.1 Å². The zero-order chi connectivity index (χ0) is 84.5. The number of hydrogen-bond acceptors (Lipinski definition) is 12. The second-order valence-corrected chi connectivity index (χ2v) is 31.8. The molecule has 3 aromatic heterocycles. The van der Waals surface area contributed by atoms with Crippen molar-refractivity contribution < 1.29 is 0 Å². The number of benzene rings is 7. The van der Waals surface area contributed by atoms with Gasteiger partial charge in [-0.25, -0.2) is 29.9 Å². The van der Waals surface area contributed by atoms with Crippen LogP contribution in [0.5, 0.6) is 0 Å². The van der Waals surface area contributed by atoms with E-state index in [1.807, 2.05) is 0 Å². The fourth-order valence-electron chi connectivity index (χ4n) is 14.5. The highest BCUT2D eigenvalue weighted by atomic mass is 15.2. The van der Waals surface area contributed by atoms with Crippen molar-refractivity contribution in [2.45, 2.75) is 237 Å². The lowest BCUT2D eigenvalue weighted by Gasteiger charge is -2.24. The Morgan fingerprint density at radius 3 is 0.367 bits per heavy atom. The summed E-state index contributed by atoms with van der Waals surface area (Å²) in [6.07, 6.45) is 27.0. The van der Waals surface area contributed by atoms with E-state index < -0.39 is 0 Å². The summed E-state index contributed by atoms with van der Waals surface area (Å²) in [5.74, 6) is 42.5. The molecule has 0 spiro atoms. The standard InChI is InChI=1S/C108H132N12/c1-13-25-73-115(74-26-14-2)91-55-37-85(38-56-91)49-67-97-98(68-50-86-39-57-92(58-40-86)116(75-27-15-3)76-28-16-4)110-104-103(109-97)105-107(113-100(70-52-88-43-61-94(62-44-88)118(79-31-19-7)80-32-20-8)99(111-105)69-51-87-41-59-93(60-42-87)117(77-29-17-5)78-30-18-6)108-106(104)112-101(71-53-89-45-63-95(64-46-89)119(81-33-21-9)82-34-22-10)102(114-108)72-54-90-47-65-96(66-48-90)120(83-35-23-11)84-36-24-12/h37-48,55-66H,13-36,73-84H2,1-12H3. The van der Waals surface area contributed by atoms with Gasteiger partial charge in [-0.15, -0.1) is 0 Å². The Kier molecular flexibility index (Phi) is 37.9. The Morgan fingerprint density at radius 1 is 0.158 bits per heavy atom. The summed E-state index contributed by atoms with van der Waals surface area (Å²) >= 11 is 0. The van der Waals surface area contributed by atoms with E-state index in [0.29, 0.717) is 67.3 Å². The van der Waals surface area contributed by atoms with Crippen molar-refractivity contribution in [1.29, 1.82) is 0 Å². The van der Waals surface area contributed by atoms with Crippen LogP contribution in [0.2, 0.25) is 0 Å². The number of unbranched alkanes of at least 4 members (excludes halogenated alkanes) is 12. The molecule has 12 heteroatoms. The molecule has 624 valence electrons. The Balaban J connectivity index is 1.28. The smallest absolute Gasteiger partial charge is 0.148 e. The van der Waals surface area contributed by atoms with Gasteiger partial charge in [0.15, 0.2) is 0 Å². The van der Waals surface area contributed by atoms with E-state index in [4.69, 9.17) is 29.9 Å². The number of hydrogen-bond donors (Lipinski definition) is 0. The fraction of sp³-hybridized carbons (Fsp3) is 0.444. The summed E-state index contributed by atoms with van der Waals surface area (Å²) in [6, 6.07) is 51.7. The summed E-state index contributed by atoms with van der Waals surface area (Å²) in [6.45, 7) is 39.1. The van der Waals surface area contributed by atoms with Crippen molar-refractivity contribution >= 4 is 67.2 Å². The summed E-state index contributed by atoms with van der Waals surface area (Å²) in [5, 5.41) is 0. The largest absolute Gasteiger partial charge is 0.372 e. The highest BCUT2D eigenvalue weighted by molar-refractivity contribution is 6.18. The van der Waals surface area contributed by atoms with E-state index in [-0.39, 0.29) is 0 Å². The number of aromatic nitrogens is 6. The lowest BCUT2D eigenvalue weighted by molar-refractivity contribution is 0.678. The second kappa shape index (κ2) is 50.0. The highest BCUT2D eigenvalue weighted by Gasteiger charge is 2.23. The van der Waals surface area contributed by atoms with Gasteiger partial charge in [0.25, 0.3) is 0 Å². The van der Waals surface area contributed by atoms with Gasteiger partial charge in [-0.05, 0) is 258 Å². The monoisotopic (exact) mass is 1600 g/mol. The Morgan fingerprint density at radius 2 is 0.267 bits per heavy atom. The van der Waals surface area contributed by atoms with Crippen molar-refractivity contribution in [3.05, 3.63) is 213 Å². The summed E-state index contributed by atoms with van der Waals surface area (Å²) in [7, 11) is 0. The van der Waals surface area contributed by atoms with Crippen LogP contribution in [-0.2, 0) is 0 Å². The maximum Gasteiger partial charge on any atom is 0.148 e.